The summed E-state index contributed by atoms with van der Waals surface area (Å²) in [6, 6.07) is 9.11. The van der Waals surface area contributed by atoms with Gasteiger partial charge in [-0.3, -0.25) is 0 Å². The average Bonchev–Trinajstić information content (AvgIpc) is 2.58. The molecule has 0 saturated carbocycles. The Morgan fingerprint density at radius 1 is 1.12 bits per heavy atom. The zero-order valence-corrected chi connectivity index (χ0v) is 14.9. The number of halogens is 3. The largest absolute Gasteiger partial charge is 0.495 e. The second-order valence-corrected chi connectivity index (χ2v) is 7.16. The highest BCUT2D eigenvalue weighted by Gasteiger charge is 2.30. The highest BCUT2D eigenvalue weighted by atomic mass is 32.2. The molecular formula is C17H18F3NO4S. The van der Waals surface area contributed by atoms with Gasteiger partial charge < -0.3 is 9.47 Å². The molecule has 0 unspecified atom stereocenters. The van der Waals surface area contributed by atoms with Crippen LogP contribution in [-0.4, -0.2) is 28.7 Å². The summed E-state index contributed by atoms with van der Waals surface area (Å²) >= 11 is 0. The van der Waals surface area contributed by atoms with Crippen LogP contribution in [0.5, 0.6) is 11.5 Å². The van der Waals surface area contributed by atoms with Crippen molar-refractivity contribution in [3.63, 3.8) is 0 Å². The van der Waals surface area contributed by atoms with Gasteiger partial charge in [0.25, 0.3) is 0 Å². The van der Waals surface area contributed by atoms with E-state index in [0.717, 1.165) is 17.7 Å². The van der Waals surface area contributed by atoms with Gasteiger partial charge in [0, 0.05) is 6.54 Å². The van der Waals surface area contributed by atoms with Gasteiger partial charge in [-0.2, -0.15) is 13.2 Å². The van der Waals surface area contributed by atoms with Crippen LogP contribution in [0.25, 0.3) is 0 Å². The summed E-state index contributed by atoms with van der Waals surface area (Å²) in [5, 5.41) is 0. The monoisotopic (exact) mass is 389 g/mol. The molecule has 0 heterocycles. The van der Waals surface area contributed by atoms with Gasteiger partial charge in [-0.05, 0) is 42.8 Å². The predicted octanol–water partition coefficient (Wildman–Crippen LogP) is 3.38. The van der Waals surface area contributed by atoms with Crippen LogP contribution in [0.15, 0.2) is 47.4 Å². The highest BCUT2D eigenvalue weighted by molar-refractivity contribution is 7.89. The first kappa shape index (κ1) is 20.1. The van der Waals surface area contributed by atoms with E-state index in [1.165, 1.54) is 25.3 Å². The topological polar surface area (TPSA) is 64.6 Å². The van der Waals surface area contributed by atoms with Gasteiger partial charge in [0.1, 0.15) is 23.0 Å². The number of sulfonamides is 1. The van der Waals surface area contributed by atoms with E-state index in [-0.39, 0.29) is 29.5 Å². The number of aryl methyl sites for hydroxylation is 1. The Morgan fingerprint density at radius 3 is 2.50 bits per heavy atom. The van der Waals surface area contributed by atoms with Crippen LogP contribution in [0.4, 0.5) is 13.2 Å². The molecule has 0 atom stereocenters. The van der Waals surface area contributed by atoms with E-state index >= 15 is 0 Å². The van der Waals surface area contributed by atoms with E-state index in [4.69, 9.17) is 9.47 Å². The van der Waals surface area contributed by atoms with E-state index in [0.29, 0.717) is 0 Å². The van der Waals surface area contributed by atoms with E-state index < -0.39 is 21.8 Å². The Labute approximate surface area is 149 Å². The molecule has 9 heteroatoms. The van der Waals surface area contributed by atoms with Crippen molar-refractivity contribution < 1.29 is 31.1 Å². The summed E-state index contributed by atoms with van der Waals surface area (Å²) in [6.45, 7) is 1.50. The molecular weight excluding hydrogens is 371 g/mol. The van der Waals surface area contributed by atoms with Crippen LogP contribution in [0.2, 0.25) is 0 Å². The molecule has 5 nitrogen and oxygen atoms in total. The molecule has 0 amide bonds. The number of rotatable bonds is 7. The minimum Gasteiger partial charge on any atom is -0.495 e. The minimum absolute atomic E-state index is 0.00663. The lowest BCUT2D eigenvalue weighted by Crippen LogP contribution is -2.28. The SMILES string of the molecule is COc1ccc(C)cc1S(=O)(=O)NCCOc1cccc(C(F)(F)F)c1. The normalized spacial score (nSPS) is 12.0. The highest BCUT2D eigenvalue weighted by Crippen LogP contribution is 2.31. The molecule has 2 aromatic rings. The van der Waals surface area contributed by atoms with Gasteiger partial charge in [0.05, 0.1) is 12.7 Å². The molecule has 0 spiro atoms. The fourth-order valence-corrected chi connectivity index (χ4v) is 3.44. The Bertz CT molecular complexity index is 867. The fourth-order valence-electron chi connectivity index (χ4n) is 2.18. The Kier molecular flexibility index (Phi) is 6.14. The van der Waals surface area contributed by atoms with Crippen LogP contribution >= 0.6 is 0 Å². The number of hydrogen-bond acceptors (Lipinski definition) is 4. The zero-order valence-electron chi connectivity index (χ0n) is 14.1. The third kappa shape index (κ3) is 5.12. The lowest BCUT2D eigenvalue weighted by molar-refractivity contribution is -0.137. The van der Waals surface area contributed by atoms with Gasteiger partial charge in [0.2, 0.25) is 10.0 Å². The first-order chi connectivity index (χ1) is 12.1. The molecule has 2 rings (SSSR count). The summed E-state index contributed by atoms with van der Waals surface area (Å²) in [5.74, 6) is 0.203. The zero-order chi connectivity index (χ0) is 19.4. The van der Waals surface area contributed by atoms with Crippen molar-refractivity contribution in [2.45, 2.75) is 18.0 Å². The first-order valence-electron chi connectivity index (χ1n) is 7.58. The minimum atomic E-state index is -4.47. The standard InChI is InChI=1S/C17H18F3NO4S/c1-12-6-7-15(24-2)16(10-12)26(22,23)21-8-9-25-14-5-3-4-13(11-14)17(18,19)20/h3-7,10-11,21H,8-9H2,1-2H3. The van der Waals surface area contributed by atoms with Crippen molar-refractivity contribution in [2.75, 3.05) is 20.3 Å². The summed E-state index contributed by atoms with van der Waals surface area (Å²) in [4.78, 5) is -0.0148. The molecule has 0 radical (unpaired) electrons. The smallest absolute Gasteiger partial charge is 0.416 e. The third-order valence-electron chi connectivity index (χ3n) is 3.43. The van der Waals surface area contributed by atoms with Crippen LogP contribution in [0.3, 0.4) is 0 Å². The van der Waals surface area contributed by atoms with Gasteiger partial charge in [-0.25, -0.2) is 13.1 Å². The molecule has 2 aromatic carbocycles. The van der Waals surface area contributed by atoms with Crippen molar-refractivity contribution in [3.8, 4) is 11.5 Å². The van der Waals surface area contributed by atoms with E-state index in [2.05, 4.69) is 4.72 Å². The maximum atomic E-state index is 12.6. The average molecular weight is 389 g/mol. The maximum absolute atomic E-state index is 12.6. The number of hydrogen-bond donors (Lipinski definition) is 1. The number of nitrogens with one attached hydrogen (secondary N) is 1. The van der Waals surface area contributed by atoms with E-state index in [9.17, 15) is 21.6 Å². The molecule has 0 fully saturated rings. The Hall–Kier alpha value is -2.26. The molecule has 26 heavy (non-hydrogen) atoms. The number of alkyl halides is 3. The Morgan fingerprint density at radius 2 is 1.85 bits per heavy atom. The molecule has 1 N–H and O–H groups in total. The molecule has 0 aliphatic carbocycles. The van der Waals surface area contributed by atoms with Gasteiger partial charge >= 0.3 is 6.18 Å². The number of benzene rings is 2. The van der Waals surface area contributed by atoms with Gasteiger partial charge in [0.15, 0.2) is 0 Å². The lowest BCUT2D eigenvalue weighted by atomic mass is 10.2. The van der Waals surface area contributed by atoms with E-state index in [1.807, 2.05) is 0 Å². The molecule has 0 aliphatic heterocycles. The Balaban J connectivity index is 1.99. The number of ether oxygens (including phenoxy) is 2. The maximum Gasteiger partial charge on any atom is 0.416 e. The molecule has 0 aliphatic rings. The number of methoxy groups -OCH3 is 1. The van der Waals surface area contributed by atoms with Crippen molar-refractivity contribution >= 4 is 10.0 Å². The van der Waals surface area contributed by atoms with Crippen LogP contribution in [0, 0.1) is 6.92 Å². The third-order valence-corrected chi connectivity index (χ3v) is 4.92. The first-order valence-corrected chi connectivity index (χ1v) is 9.06. The quantitative estimate of drug-likeness (QED) is 0.738. The van der Waals surface area contributed by atoms with Crippen molar-refractivity contribution in [1.29, 1.82) is 0 Å². The van der Waals surface area contributed by atoms with Crippen molar-refractivity contribution in [3.05, 3.63) is 53.6 Å². The van der Waals surface area contributed by atoms with Crippen LogP contribution in [0.1, 0.15) is 11.1 Å². The van der Waals surface area contributed by atoms with Crippen LogP contribution < -0.4 is 14.2 Å². The van der Waals surface area contributed by atoms with E-state index in [1.54, 1.807) is 19.1 Å². The van der Waals surface area contributed by atoms with Gasteiger partial charge in [-0.1, -0.05) is 12.1 Å². The van der Waals surface area contributed by atoms with Gasteiger partial charge in [-0.15, -0.1) is 0 Å². The predicted molar refractivity (Wildman–Crippen MR) is 89.9 cm³/mol. The summed E-state index contributed by atoms with van der Waals surface area (Å²) in [7, 11) is -2.48. The lowest BCUT2D eigenvalue weighted by Gasteiger charge is -2.13. The molecule has 142 valence electrons. The van der Waals surface area contributed by atoms with Crippen LogP contribution in [-0.2, 0) is 16.2 Å². The second-order valence-electron chi connectivity index (χ2n) is 5.43. The fraction of sp³-hybridized carbons (Fsp3) is 0.294. The summed E-state index contributed by atoms with van der Waals surface area (Å²) in [5.41, 5.74) is -0.0912. The summed E-state index contributed by atoms with van der Waals surface area (Å²) < 4.78 is 75.2. The molecule has 0 aromatic heterocycles. The second kappa shape index (κ2) is 7.96. The van der Waals surface area contributed by atoms with Crippen molar-refractivity contribution in [2.24, 2.45) is 0 Å². The van der Waals surface area contributed by atoms with Crippen molar-refractivity contribution in [1.82, 2.24) is 4.72 Å². The molecule has 0 bridgehead atoms. The molecule has 0 saturated heterocycles. The summed E-state index contributed by atoms with van der Waals surface area (Å²) in [6.07, 6.45) is -4.47.